The third-order valence-corrected chi connectivity index (χ3v) is 7.09. The molecule has 1 aliphatic heterocycles. The van der Waals surface area contributed by atoms with Crippen LogP contribution in [0.2, 0.25) is 10.0 Å². The Morgan fingerprint density at radius 1 is 0.972 bits per heavy atom. The van der Waals surface area contributed by atoms with Crippen LogP contribution >= 0.6 is 23.2 Å². The molecule has 0 radical (unpaired) electrons. The van der Waals surface area contributed by atoms with Gasteiger partial charge in [0.25, 0.3) is 0 Å². The number of ether oxygens (including phenoxy) is 2. The zero-order chi connectivity index (χ0) is 25.4. The summed E-state index contributed by atoms with van der Waals surface area (Å²) < 4.78 is 11.6. The lowest BCUT2D eigenvalue weighted by Crippen LogP contribution is -2.29. The van der Waals surface area contributed by atoms with Crippen LogP contribution in [-0.4, -0.2) is 18.4 Å². The SMILES string of the molecule is CCOC(=O)C1=C(C)NC2=C(C(=O)c3ccccc32)[C@@H]1c1ccccc1OCc1ccc(Cl)c(Cl)c1. The molecule has 7 heteroatoms. The van der Waals surface area contributed by atoms with Crippen LogP contribution in [0.15, 0.2) is 83.6 Å². The topological polar surface area (TPSA) is 64.6 Å². The van der Waals surface area contributed by atoms with Crippen LogP contribution in [-0.2, 0) is 16.1 Å². The summed E-state index contributed by atoms with van der Waals surface area (Å²) in [5.41, 5.74) is 5.22. The summed E-state index contributed by atoms with van der Waals surface area (Å²) in [4.78, 5) is 26.9. The summed E-state index contributed by atoms with van der Waals surface area (Å²) in [5.74, 6) is -0.695. The highest BCUT2D eigenvalue weighted by Gasteiger charge is 2.43. The van der Waals surface area contributed by atoms with Crippen LogP contribution in [0, 0.1) is 0 Å². The number of Topliss-reactive ketones (excluding diaryl/α,β-unsaturated/α-hetero) is 1. The van der Waals surface area contributed by atoms with Gasteiger partial charge in [-0.25, -0.2) is 4.79 Å². The summed E-state index contributed by atoms with van der Waals surface area (Å²) in [5, 5.41) is 4.22. The van der Waals surface area contributed by atoms with E-state index in [1.165, 1.54) is 0 Å². The predicted molar refractivity (Wildman–Crippen MR) is 140 cm³/mol. The second kappa shape index (κ2) is 9.84. The van der Waals surface area contributed by atoms with E-state index in [9.17, 15) is 9.59 Å². The first-order chi connectivity index (χ1) is 17.4. The van der Waals surface area contributed by atoms with Crippen LogP contribution in [0.1, 0.15) is 46.8 Å². The van der Waals surface area contributed by atoms with Crippen molar-refractivity contribution in [2.45, 2.75) is 26.4 Å². The molecule has 1 aliphatic carbocycles. The number of esters is 1. The minimum absolute atomic E-state index is 0.119. The quantitative estimate of drug-likeness (QED) is 0.367. The highest BCUT2D eigenvalue weighted by Crippen LogP contribution is 2.48. The lowest BCUT2D eigenvalue weighted by molar-refractivity contribution is -0.138. The van der Waals surface area contributed by atoms with Gasteiger partial charge in [0.05, 0.1) is 33.8 Å². The van der Waals surface area contributed by atoms with E-state index in [4.69, 9.17) is 32.7 Å². The van der Waals surface area contributed by atoms with Gasteiger partial charge in [0, 0.05) is 28.0 Å². The fourth-order valence-corrected chi connectivity index (χ4v) is 5.08. The smallest absolute Gasteiger partial charge is 0.336 e. The first kappa shape index (κ1) is 24.2. The highest BCUT2D eigenvalue weighted by atomic mass is 35.5. The van der Waals surface area contributed by atoms with Gasteiger partial charge in [0.2, 0.25) is 0 Å². The lowest BCUT2D eigenvalue weighted by atomic mass is 9.79. The minimum atomic E-state index is -0.662. The Balaban J connectivity index is 1.61. The molecule has 36 heavy (non-hydrogen) atoms. The lowest BCUT2D eigenvalue weighted by Gasteiger charge is -2.30. The third kappa shape index (κ3) is 4.19. The standard InChI is InChI=1S/C29H23Cl2NO4/c1-3-35-29(34)24-16(2)32-27-18-8-4-5-9-19(18)28(33)26(27)25(24)20-10-6-7-11-23(20)36-15-17-12-13-21(30)22(31)14-17/h4-14,25,32H,3,15H2,1-2H3/t25-/m1/s1. The summed E-state index contributed by atoms with van der Waals surface area (Å²) >= 11 is 12.2. The average molecular weight is 520 g/mol. The molecule has 3 aromatic rings. The second-order valence-corrected chi connectivity index (χ2v) is 9.37. The highest BCUT2D eigenvalue weighted by molar-refractivity contribution is 6.42. The second-order valence-electron chi connectivity index (χ2n) is 8.56. The van der Waals surface area contributed by atoms with Gasteiger partial charge < -0.3 is 14.8 Å². The van der Waals surface area contributed by atoms with Crippen LogP contribution in [0.4, 0.5) is 0 Å². The van der Waals surface area contributed by atoms with Crippen molar-refractivity contribution in [1.29, 1.82) is 0 Å². The number of carbonyl (C=O) groups is 2. The number of allylic oxidation sites excluding steroid dienone is 2. The normalized spacial score (nSPS) is 16.4. The van der Waals surface area contributed by atoms with Crippen molar-refractivity contribution in [3.05, 3.63) is 116 Å². The van der Waals surface area contributed by atoms with Gasteiger partial charge in [-0.05, 0) is 37.6 Å². The summed E-state index contributed by atoms with van der Waals surface area (Å²) in [7, 11) is 0. The molecule has 2 aliphatic rings. The van der Waals surface area contributed by atoms with Gasteiger partial charge in [-0.3, -0.25) is 4.79 Å². The van der Waals surface area contributed by atoms with E-state index in [1.54, 1.807) is 25.1 Å². The maximum atomic E-state index is 13.7. The van der Waals surface area contributed by atoms with Crippen LogP contribution in [0.5, 0.6) is 5.75 Å². The van der Waals surface area contributed by atoms with E-state index < -0.39 is 11.9 Å². The fraction of sp³-hybridized carbons (Fsp3) is 0.172. The van der Waals surface area contributed by atoms with E-state index >= 15 is 0 Å². The number of para-hydroxylation sites is 1. The van der Waals surface area contributed by atoms with Crippen molar-refractivity contribution in [2.24, 2.45) is 0 Å². The van der Waals surface area contributed by atoms with Crippen molar-refractivity contribution in [3.8, 4) is 5.75 Å². The zero-order valence-corrected chi connectivity index (χ0v) is 21.2. The van der Waals surface area contributed by atoms with E-state index in [0.717, 1.165) is 11.1 Å². The summed E-state index contributed by atoms with van der Waals surface area (Å²) in [6.07, 6.45) is 0. The molecule has 5 rings (SSSR count). The van der Waals surface area contributed by atoms with Gasteiger partial charge in [-0.2, -0.15) is 0 Å². The Labute approximate surface area is 219 Å². The number of hydrogen-bond acceptors (Lipinski definition) is 5. The molecule has 5 nitrogen and oxygen atoms in total. The first-order valence-electron chi connectivity index (χ1n) is 11.6. The monoisotopic (exact) mass is 519 g/mol. The molecule has 0 unspecified atom stereocenters. The average Bonchev–Trinajstić information content (AvgIpc) is 3.16. The van der Waals surface area contributed by atoms with Gasteiger partial charge in [0.15, 0.2) is 5.78 Å². The van der Waals surface area contributed by atoms with Crippen LogP contribution in [0.25, 0.3) is 5.70 Å². The maximum absolute atomic E-state index is 13.7. The van der Waals surface area contributed by atoms with E-state index in [1.807, 2.05) is 55.5 Å². The third-order valence-electron chi connectivity index (χ3n) is 6.35. The van der Waals surface area contributed by atoms with Crippen LogP contribution in [0.3, 0.4) is 0 Å². The Hall–Kier alpha value is -3.54. The van der Waals surface area contributed by atoms with Crippen molar-refractivity contribution in [1.82, 2.24) is 5.32 Å². The van der Waals surface area contributed by atoms with E-state index in [2.05, 4.69) is 5.32 Å². The molecular formula is C29H23Cl2NO4. The molecule has 1 atom stereocenters. The fourth-order valence-electron chi connectivity index (χ4n) is 4.76. The van der Waals surface area contributed by atoms with Crippen molar-refractivity contribution in [3.63, 3.8) is 0 Å². The number of benzene rings is 3. The van der Waals surface area contributed by atoms with E-state index in [0.29, 0.717) is 49.5 Å². The number of ketones is 1. The van der Waals surface area contributed by atoms with Gasteiger partial charge in [0.1, 0.15) is 12.4 Å². The molecule has 182 valence electrons. The van der Waals surface area contributed by atoms with Crippen molar-refractivity contribution >= 4 is 40.7 Å². The van der Waals surface area contributed by atoms with Crippen molar-refractivity contribution in [2.75, 3.05) is 6.61 Å². The number of rotatable bonds is 6. The number of fused-ring (bicyclic) bond motifs is 2. The first-order valence-corrected chi connectivity index (χ1v) is 12.3. The molecule has 0 fully saturated rings. The predicted octanol–water partition coefficient (Wildman–Crippen LogP) is 6.70. The Kier molecular flexibility index (Phi) is 6.61. The molecule has 0 bridgehead atoms. The van der Waals surface area contributed by atoms with E-state index in [-0.39, 0.29) is 19.0 Å². The van der Waals surface area contributed by atoms with Gasteiger partial charge in [-0.15, -0.1) is 0 Å². The molecule has 0 saturated carbocycles. The van der Waals surface area contributed by atoms with Gasteiger partial charge >= 0.3 is 5.97 Å². The molecule has 0 amide bonds. The Morgan fingerprint density at radius 2 is 1.69 bits per heavy atom. The van der Waals surface area contributed by atoms with Gasteiger partial charge in [-0.1, -0.05) is 71.7 Å². The summed E-state index contributed by atoms with van der Waals surface area (Å²) in [6.45, 7) is 4.04. The largest absolute Gasteiger partial charge is 0.489 e. The molecule has 3 aromatic carbocycles. The number of nitrogens with one attached hydrogen (secondary N) is 1. The number of halogens is 2. The molecule has 1 heterocycles. The Morgan fingerprint density at radius 3 is 2.44 bits per heavy atom. The number of dihydropyridines is 1. The molecule has 0 aromatic heterocycles. The molecule has 0 saturated heterocycles. The number of hydrogen-bond donors (Lipinski definition) is 1. The molecular weight excluding hydrogens is 497 g/mol. The van der Waals surface area contributed by atoms with Crippen molar-refractivity contribution < 1.29 is 19.1 Å². The molecule has 1 N–H and O–H groups in total. The minimum Gasteiger partial charge on any atom is -0.489 e. The summed E-state index contributed by atoms with van der Waals surface area (Å²) in [6, 6.07) is 20.2. The Bertz CT molecular complexity index is 1460. The number of carbonyl (C=O) groups excluding carboxylic acids is 2. The molecule has 0 spiro atoms. The maximum Gasteiger partial charge on any atom is 0.336 e. The zero-order valence-electron chi connectivity index (χ0n) is 19.7. The van der Waals surface area contributed by atoms with Crippen LogP contribution < -0.4 is 10.1 Å².